The topological polar surface area (TPSA) is 167 Å². The highest BCUT2D eigenvalue weighted by atomic mass is 16.6. The van der Waals surface area contributed by atoms with Crippen LogP contribution in [0.4, 0.5) is 26.7 Å². The standard InChI is InChI=1S/C28H30N6O5/c1-15-19(6-5-7-22(15)33-24(35)14-31-27(38)39-28(2,3)4)16-10-18(30-13-16)12-21-20-11-17(32-26(29)37)8-9-23(20)34-25(21)36/h5-13,30H,14H2,1-4H3,(H,31,38)(H,33,35)(H,34,36)(H3,29,32,37). The summed E-state index contributed by atoms with van der Waals surface area (Å²) in [6, 6.07) is 11.7. The van der Waals surface area contributed by atoms with E-state index in [1.807, 2.05) is 31.3 Å². The molecule has 5 amide bonds. The Kier molecular flexibility index (Phi) is 7.43. The molecule has 4 rings (SSSR count). The molecule has 3 aromatic rings. The summed E-state index contributed by atoms with van der Waals surface area (Å²) in [5.41, 5.74) is 10.6. The number of nitrogens with one attached hydrogen (secondary N) is 5. The summed E-state index contributed by atoms with van der Waals surface area (Å²) >= 11 is 0. The van der Waals surface area contributed by atoms with Crippen molar-refractivity contribution in [3.8, 4) is 11.1 Å². The summed E-state index contributed by atoms with van der Waals surface area (Å²) in [4.78, 5) is 51.3. The van der Waals surface area contributed by atoms with Crippen molar-refractivity contribution in [1.82, 2.24) is 10.3 Å². The number of amides is 5. The molecule has 7 N–H and O–H groups in total. The molecule has 11 heteroatoms. The van der Waals surface area contributed by atoms with Crippen LogP contribution in [0.2, 0.25) is 0 Å². The van der Waals surface area contributed by atoms with Crippen molar-refractivity contribution in [3.63, 3.8) is 0 Å². The highest BCUT2D eigenvalue weighted by Gasteiger charge is 2.25. The quantitative estimate of drug-likeness (QED) is 0.259. The smallest absolute Gasteiger partial charge is 0.408 e. The molecule has 39 heavy (non-hydrogen) atoms. The molecular weight excluding hydrogens is 500 g/mol. The van der Waals surface area contributed by atoms with Gasteiger partial charge in [-0.3, -0.25) is 9.59 Å². The molecule has 11 nitrogen and oxygen atoms in total. The maximum atomic E-state index is 12.6. The number of carbonyl (C=O) groups is 4. The fraction of sp³-hybridized carbons (Fsp3) is 0.214. The van der Waals surface area contributed by atoms with E-state index in [-0.39, 0.29) is 12.5 Å². The number of H-pyrrole nitrogens is 1. The average Bonchev–Trinajstić information content (AvgIpc) is 3.42. The van der Waals surface area contributed by atoms with E-state index in [0.29, 0.717) is 33.9 Å². The second kappa shape index (κ2) is 10.7. The van der Waals surface area contributed by atoms with Crippen LogP contribution in [-0.2, 0) is 14.3 Å². The number of aromatic nitrogens is 1. The Labute approximate surface area is 225 Å². The molecule has 0 unspecified atom stereocenters. The minimum absolute atomic E-state index is 0.235. The summed E-state index contributed by atoms with van der Waals surface area (Å²) in [6.45, 7) is 6.87. The molecule has 0 aliphatic carbocycles. The van der Waals surface area contributed by atoms with E-state index < -0.39 is 23.6 Å². The summed E-state index contributed by atoms with van der Waals surface area (Å²) in [5.74, 6) is -0.657. The fourth-order valence-electron chi connectivity index (χ4n) is 4.10. The first-order valence-electron chi connectivity index (χ1n) is 12.2. The van der Waals surface area contributed by atoms with Gasteiger partial charge >= 0.3 is 12.1 Å². The van der Waals surface area contributed by atoms with Gasteiger partial charge in [0.15, 0.2) is 0 Å². The third kappa shape index (κ3) is 6.63. The van der Waals surface area contributed by atoms with Gasteiger partial charge in [0.05, 0.1) is 5.57 Å². The highest BCUT2D eigenvalue weighted by Crippen LogP contribution is 2.36. The summed E-state index contributed by atoms with van der Waals surface area (Å²) in [5, 5.41) is 10.6. The minimum Gasteiger partial charge on any atom is -0.444 e. The van der Waals surface area contributed by atoms with Crippen molar-refractivity contribution in [3.05, 3.63) is 65.5 Å². The summed E-state index contributed by atoms with van der Waals surface area (Å²) in [6.07, 6.45) is 2.86. The number of benzene rings is 2. The lowest BCUT2D eigenvalue weighted by Crippen LogP contribution is -2.37. The third-order valence-corrected chi connectivity index (χ3v) is 5.79. The van der Waals surface area contributed by atoms with Crippen LogP contribution in [0.3, 0.4) is 0 Å². The van der Waals surface area contributed by atoms with Crippen LogP contribution in [0.5, 0.6) is 0 Å². The van der Waals surface area contributed by atoms with Crippen molar-refractivity contribution >= 4 is 52.6 Å². The average molecular weight is 531 g/mol. The summed E-state index contributed by atoms with van der Waals surface area (Å²) < 4.78 is 5.15. The first kappa shape index (κ1) is 27.0. The van der Waals surface area contributed by atoms with Crippen molar-refractivity contribution in [1.29, 1.82) is 0 Å². The molecule has 1 aliphatic heterocycles. The summed E-state index contributed by atoms with van der Waals surface area (Å²) in [7, 11) is 0. The molecule has 2 heterocycles. The number of hydrogen-bond donors (Lipinski definition) is 6. The number of rotatable bonds is 6. The van der Waals surface area contributed by atoms with E-state index in [9.17, 15) is 19.2 Å². The zero-order valence-corrected chi connectivity index (χ0v) is 22.0. The first-order chi connectivity index (χ1) is 18.4. The van der Waals surface area contributed by atoms with Crippen LogP contribution in [0.1, 0.15) is 37.6 Å². The van der Waals surface area contributed by atoms with E-state index in [0.717, 1.165) is 16.7 Å². The number of nitrogens with two attached hydrogens (primary N) is 1. The van der Waals surface area contributed by atoms with Crippen molar-refractivity contribution < 1.29 is 23.9 Å². The van der Waals surface area contributed by atoms with Crippen LogP contribution in [-0.4, -0.2) is 41.1 Å². The number of alkyl carbamates (subject to hydrolysis) is 1. The molecule has 0 fully saturated rings. The van der Waals surface area contributed by atoms with Crippen molar-refractivity contribution in [2.75, 3.05) is 22.5 Å². The number of urea groups is 1. The Morgan fingerprint density at radius 1 is 1.05 bits per heavy atom. The van der Waals surface area contributed by atoms with Crippen LogP contribution < -0.4 is 27.0 Å². The number of carbonyl (C=O) groups excluding carboxylic acids is 4. The van der Waals surface area contributed by atoms with Gasteiger partial charge in [0, 0.05) is 40.1 Å². The SMILES string of the molecule is Cc1c(NC(=O)CNC(=O)OC(C)(C)C)cccc1-c1c[nH]c(C=C2C(=O)Nc3ccc(NC(N)=O)cc32)c1. The zero-order chi connectivity index (χ0) is 28.3. The van der Waals surface area contributed by atoms with Crippen LogP contribution >= 0.6 is 0 Å². The largest absolute Gasteiger partial charge is 0.444 e. The molecule has 0 saturated carbocycles. The highest BCUT2D eigenvalue weighted by molar-refractivity contribution is 6.35. The van der Waals surface area contributed by atoms with Gasteiger partial charge in [0.1, 0.15) is 12.1 Å². The Hall–Kier alpha value is -5.06. The number of anilines is 3. The molecule has 0 bridgehead atoms. The van der Waals surface area contributed by atoms with Gasteiger partial charge in [-0.25, -0.2) is 9.59 Å². The third-order valence-electron chi connectivity index (χ3n) is 5.79. The minimum atomic E-state index is -0.695. The maximum Gasteiger partial charge on any atom is 0.408 e. The lowest BCUT2D eigenvalue weighted by Gasteiger charge is -2.19. The van der Waals surface area contributed by atoms with Crippen molar-refractivity contribution in [2.24, 2.45) is 5.73 Å². The van der Waals surface area contributed by atoms with Gasteiger partial charge in [-0.2, -0.15) is 0 Å². The number of aromatic amines is 1. The number of primary amides is 1. The molecular formula is C28H30N6O5. The lowest BCUT2D eigenvalue weighted by molar-refractivity contribution is -0.115. The second-order valence-electron chi connectivity index (χ2n) is 9.99. The first-order valence-corrected chi connectivity index (χ1v) is 12.2. The van der Waals surface area contributed by atoms with Gasteiger partial charge in [0.2, 0.25) is 5.91 Å². The predicted molar refractivity (Wildman–Crippen MR) is 150 cm³/mol. The number of hydrogen-bond acceptors (Lipinski definition) is 5. The normalized spacial score (nSPS) is 13.4. The van der Waals surface area contributed by atoms with E-state index in [1.165, 1.54) is 0 Å². The monoisotopic (exact) mass is 530 g/mol. The Morgan fingerprint density at radius 2 is 1.82 bits per heavy atom. The zero-order valence-electron chi connectivity index (χ0n) is 22.0. The fourth-order valence-corrected chi connectivity index (χ4v) is 4.10. The molecule has 0 saturated heterocycles. The van der Waals surface area contributed by atoms with Gasteiger partial charge < -0.3 is 36.7 Å². The van der Waals surface area contributed by atoms with Gasteiger partial charge in [-0.15, -0.1) is 0 Å². The van der Waals surface area contributed by atoms with Crippen LogP contribution in [0, 0.1) is 6.92 Å². The Balaban J connectivity index is 1.50. The van der Waals surface area contributed by atoms with Crippen molar-refractivity contribution in [2.45, 2.75) is 33.3 Å². The lowest BCUT2D eigenvalue weighted by atomic mass is 10.0. The molecule has 0 radical (unpaired) electrons. The maximum absolute atomic E-state index is 12.6. The number of ether oxygens (including phenoxy) is 1. The van der Waals surface area contributed by atoms with Crippen LogP contribution in [0.25, 0.3) is 22.8 Å². The predicted octanol–water partition coefficient (Wildman–Crippen LogP) is 4.44. The molecule has 2 aromatic carbocycles. The molecule has 1 aromatic heterocycles. The van der Waals surface area contributed by atoms with E-state index in [1.54, 1.807) is 51.1 Å². The molecule has 1 aliphatic rings. The van der Waals surface area contributed by atoms with E-state index in [2.05, 4.69) is 26.3 Å². The Bertz CT molecular complexity index is 1500. The number of fused-ring (bicyclic) bond motifs is 1. The second-order valence-corrected chi connectivity index (χ2v) is 9.99. The van der Waals surface area contributed by atoms with Gasteiger partial charge in [-0.05, 0) is 75.2 Å². The molecule has 0 spiro atoms. The Morgan fingerprint density at radius 3 is 2.54 bits per heavy atom. The molecule has 0 atom stereocenters. The molecule has 202 valence electrons. The van der Waals surface area contributed by atoms with E-state index >= 15 is 0 Å². The van der Waals surface area contributed by atoms with Gasteiger partial charge in [0.25, 0.3) is 5.91 Å². The van der Waals surface area contributed by atoms with Crippen LogP contribution in [0.15, 0.2) is 48.7 Å². The van der Waals surface area contributed by atoms with E-state index in [4.69, 9.17) is 10.5 Å². The van der Waals surface area contributed by atoms with Gasteiger partial charge in [-0.1, -0.05) is 12.1 Å².